The van der Waals surface area contributed by atoms with Crippen molar-refractivity contribution >= 4 is 40.2 Å². The number of aromatic nitrogens is 1. The normalized spacial score (nSPS) is 12.4. The van der Waals surface area contributed by atoms with Gasteiger partial charge in [-0.15, -0.1) is 0 Å². The zero-order chi connectivity index (χ0) is 27.1. The zero-order valence-electron chi connectivity index (χ0n) is 21.6. The van der Waals surface area contributed by atoms with Crippen molar-refractivity contribution in [3.8, 4) is 5.75 Å². The molecule has 7 heteroatoms. The first-order valence-electron chi connectivity index (χ1n) is 12.6. The second-order valence-electron chi connectivity index (χ2n) is 9.76. The molecule has 5 nitrogen and oxygen atoms in total. The van der Waals surface area contributed by atoms with Crippen molar-refractivity contribution in [2.75, 3.05) is 5.75 Å². The first-order valence-corrected chi connectivity index (χ1v) is 14.0. The molecule has 3 aromatic carbocycles. The molecule has 38 heavy (non-hydrogen) atoms. The van der Waals surface area contributed by atoms with E-state index in [0.717, 1.165) is 51.9 Å². The zero-order valence-corrected chi connectivity index (χ0v) is 23.1. The number of nitrogens with zero attached hydrogens (tertiary/aromatic N) is 1. The maximum Gasteiger partial charge on any atom is 0.304 e. The highest BCUT2D eigenvalue weighted by molar-refractivity contribution is 7.99. The summed E-state index contributed by atoms with van der Waals surface area (Å²) in [7, 11) is 0. The van der Waals surface area contributed by atoms with Crippen LogP contribution in [0.2, 0.25) is 5.02 Å². The molecule has 198 valence electrons. The fourth-order valence-electron chi connectivity index (χ4n) is 4.43. The maximum atomic E-state index is 11.2. The summed E-state index contributed by atoms with van der Waals surface area (Å²) in [6.07, 6.45) is 1.67. The van der Waals surface area contributed by atoms with Gasteiger partial charge in [0.05, 0.1) is 23.2 Å². The summed E-state index contributed by atoms with van der Waals surface area (Å²) in [6, 6.07) is 25.5. The van der Waals surface area contributed by atoms with Gasteiger partial charge >= 0.3 is 5.97 Å². The van der Waals surface area contributed by atoms with Crippen LogP contribution in [-0.2, 0) is 23.4 Å². The number of hydrogen-bond donors (Lipinski definition) is 2. The lowest BCUT2D eigenvalue weighted by atomic mass is 9.90. The van der Waals surface area contributed by atoms with Crippen LogP contribution in [0.25, 0.3) is 10.9 Å². The minimum absolute atomic E-state index is 0.0775. The number of pyridine rings is 1. The standard InChI is InChI=1S/C31H32ClNO4S/c1-31(2,36)27-9-4-3-6-21(27)12-15-29(38-17-16-30(34)35)23-7-5-8-26(18-23)37-20-25-14-11-22-10-13-24(32)19-28(22)33-25/h3-11,13-14,18-19,29,36H,12,15-17,20H2,1-2H3,(H,34,35). The van der Waals surface area contributed by atoms with Crippen molar-refractivity contribution in [2.24, 2.45) is 0 Å². The van der Waals surface area contributed by atoms with Gasteiger partial charge in [-0.05, 0) is 73.7 Å². The van der Waals surface area contributed by atoms with E-state index in [0.29, 0.717) is 17.4 Å². The predicted octanol–water partition coefficient (Wildman–Crippen LogP) is 7.58. The smallest absolute Gasteiger partial charge is 0.304 e. The monoisotopic (exact) mass is 549 g/mol. The van der Waals surface area contributed by atoms with Crippen LogP contribution in [0, 0.1) is 0 Å². The summed E-state index contributed by atoms with van der Waals surface area (Å²) in [5, 5.41) is 21.5. The Labute approximate surface area is 232 Å². The van der Waals surface area contributed by atoms with Crippen LogP contribution in [0.3, 0.4) is 0 Å². The minimum atomic E-state index is -0.932. The third kappa shape index (κ3) is 7.73. The summed E-state index contributed by atoms with van der Waals surface area (Å²) >= 11 is 7.76. The predicted molar refractivity (Wildman–Crippen MR) is 155 cm³/mol. The van der Waals surface area contributed by atoms with Crippen LogP contribution < -0.4 is 4.74 Å². The molecule has 1 heterocycles. The van der Waals surface area contributed by atoms with Gasteiger partial charge in [0.15, 0.2) is 0 Å². The van der Waals surface area contributed by atoms with Crippen LogP contribution in [0.4, 0.5) is 0 Å². The summed E-state index contributed by atoms with van der Waals surface area (Å²) in [4.78, 5) is 15.8. The van der Waals surface area contributed by atoms with Crippen LogP contribution in [0.15, 0.2) is 78.9 Å². The number of rotatable bonds is 12. The number of benzene rings is 3. The molecule has 0 saturated carbocycles. The molecule has 0 amide bonds. The first-order chi connectivity index (χ1) is 18.2. The van der Waals surface area contributed by atoms with Crippen LogP contribution in [-0.4, -0.2) is 26.9 Å². The van der Waals surface area contributed by atoms with Gasteiger partial charge in [0.2, 0.25) is 0 Å². The van der Waals surface area contributed by atoms with Gasteiger partial charge in [-0.2, -0.15) is 11.8 Å². The molecule has 0 aliphatic carbocycles. The Morgan fingerprint density at radius 3 is 2.63 bits per heavy atom. The molecule has 1 aromatic heterocycles. The number of carboxylic acids is 1. The Morgan fingerprint density at radius 1 is 1.05 bits per heavy atom. The highest BCUT2D eigenvalue weighted by atomic mass is 35.5. The topological polar surface area (TPSA) is 79.7 Å². The number of aliphatic hydroxyl groups is 1. The molecule has 4 rings (SSSR count). The summed E-state index contributed by atoms with van der Waals surface area (Å²) in [5.41, 5.74) is 3.79. The molecular weight excluding hydrogens is 518 g/mol. The third-order valence-electron chi connectivity index (χ3n) is 6.32. The lowest BCUT2D eigenvalue weighted by Crippen LogP contribution is -2.18. The van der Waals surface area contributed by atoms with E-state index in [1.54, 1.807) is 25.6 Å². The Kier molecular flexibility index (Phi) is 9.31. The van der Waals surface area contributed by atoms with Crippen molar-refractivity contribution in [1.82, 2.24) is 4.98 Å². The van der Waals surface area contributed by atoms with E-state index in [1.165, 1.54) is 0 Å². The van der Waals surface area contributed by atoms with Crippen LogP contribution in [0.5, 0.6) is 5.75 Å². The number of thioether (sulfide) groups is 1. The van der Waals surface area contributed by atoms with E-state index in [4.69, 9.17) is 21.4 Å². The van der Waals surface area contributed by atoms with Crippen molar-refractivity contribution in [1.29, 1.82) is 0 Å². The summed E-state index contributed by atoms with van der Waals surface area (Å²) < 4.78 is 6.10. The van der Waals surface area contributed by atoms with Gasteiger partial charge < -0.3 is 14.9 Å². The molecule has 0 radical (unpaired) electrons. The number of aliphatic carboxylic acids is 1. The molecule has 0 bridgehead atoms. The molecule has 0 aliphatic heterocycles. The van der Waals surface area contributed by atoms with Crippen LogP contribution >= 0.6 is 23.4 Å². The number of carbonyl (C=O) groups is 1. The van der Waals surface area contributed by atoms with Gasteiger partial charge in [0.1, 0.15) is 12.4 Å². The first kappa shape index (κ1) is 28.0. The Hall–Kier alpha value is -3.06. The average Bonchev–Trinajstić information content (AvgIpc) is 2.88. The second-order valence-corrected chi connectivity index (χ2v) is 11.5. The quantitative estimate of drug-likeness (QED) is 0.190. The number of fused-ring (bicyclic) bond motifs is 1. The minimum Gasteiger partial charge on any atom is -0.487 e. The van der Waals surface area contributed by atoms with E-state index in [9.17, 15) is 9.90 Å². The maximum absolute atomic E-state index is 11.2. The number of aryl methyl sites for hydroxylation is 1. The summed E-state index contributed by atoms with van der Waals surface area (Å²) in [5.74, 6) is 0.447. The number of halogens is 1. The van der Waals surface area contributed by atoms with Gasteiger partial charge in [0.25, 0.3) is 0 Å². The lowest BCUT2D eigenvalue weighted by molar-refractivity contribution is -0.136. The molecule has 0 fully saturated rings. The molecule has 0 aliphatic rings. The van der Waals surface area contributed by atoms with E-state index < -0.39 is 11.6 Å². The fraction of sp³-hybridized carbons (Fsp3) is 0.290. The Balaban J connectivity index is 1.49. The highest BCUT2D eigenvalue weighted by Gasteiger charge is 2.21. The van der Waals surface area contributed by atoms with Crippen LogP contribution in [0.1, 0.15) is 54.3 Å². The molecular formula is C31H32ClNO4S. The molecule has 4 aromatic rings. The summed E-state index contributed by atoms with van der Waals surface area (Å²) in [6.45, 7) is 3.91. The van der Waals surface area contributed by atoms with Crippen molar-refractivity contribution in [3.05, 3.63) is 106 Å². The highest BCUT2D eigenvalue weighted by Crippen LogP contribution is 2.36. The molecule has 2 N–H and O–H groups in total. The Morgan fingerprint density at radius 2 is 1.84 bits per heavy atom. The van der Waals surface area contributed by atoms with E-state index in [1.807, 2.05) is 66.7 Å². The van der Waals surface area contributed by atoms with Crippen molar-refractivity contribution in [2.45, 2.75) is 50.6 Å². The molecule has 0 saturated heterocycles. The third-order valence-corrected chi connectivity index (χ3v) is 7.90. The van der Waals surface area contributed by atoms with E-state index in [2.05, 4.69) is 17.1 Å². The largest absolute Gasteiger partial charge is 0.487 e. The van der Waals surface area contributed by atoms with E-state index >= 15 is 0 Å². The lowest BCUT2D eigenvalue weighted by Gasteiger charge is -2.23. The Bertz CT molecular complexity index is 1400. The second kappa shape index (κ2) is 12.7. The van der Waals surface area contributed by atoms with E-state index in [-0.39, 0.29) is 11.7 Å². The average molecular weight is 550 g/mol. The number of ether oxygens (including phenoxy) is 1. The molecule has 0 spiro atoms. The van der Waals surface area contributed by atoms with Crippen molar-refractivity contribution < 1.29 is 19.7 Å². The molecule has 1 atom stereocenters. The number of carboxylic acid groups (broad SMARTS) is 1. The molecule has 1 unspecified atom stereocenters. The van der Waals surface area contributed by atoms with Gasteiger partial charge in [-0.25, -0.2) is 4.98 Å². The fourth-order valence-corrected chi connectivity index (χ4v) is 5.80. The van der Waals surface area contributed by atoms with Gasteiger partial charge in [0, 0.05) is 21.4 Å². The van der Waals surface area contributed by atoms with Crippen molar-refractivity contribution in [3.63, 3.8) is 0 Å². The van der Waals surface area contributed by atoms with Gasteiger partial charge in [-0.3, -0.25) is 4.79 Å². The van der Waals surface area contributed by atoms with Gasteiger partial charge in [-0.1, -0.05) is 60.1 Å². The number of hydrogen-bond acceptors (Lipinski definition) is 5. The SMILES string of the molecule is CC(C)(O)c1ccccc1CCC(SCCC(=O)O)c1cccc(OCc2ccc3ccc(Cl)cc3n2)c1.